The van der Waals surface area contributed by atoms with Crippen molar-refractivity contribution in [3.8, 4) is 0 Å². The Kier molecular flexibility index (Phi) is 6.15. The highest BCUT2D eigenvalue weighted by atomic mass is 32.2. The summed E-state index contributed by atoms with van der Waals surface area (Å²) in [5.74, 6) is 0. The van der Waals surface area contributed by atoms with Gasteiger partial charge >= 0.3 is 0 Å². The molecule has 0 radical (unpaired) electrons. The Morgan fingerprint density at radius 1 is 0.792 bits per heavy atom. The number of nitrogens with zero attached hydrogens (tertiary/aromatic N) is 1. The van der Waals surface area contributed by atoms with Gasteiger partial charge in [-0.3, -0.25) is 19.2 Å². The van der Waals surface area contributed by atoms with E-state index in [0.717, 1.165) is 29.8 Å². The van der Waals surface area contributed by atoms with Gasteiger partial charge in [-0.05, 0) is 31.2 Å². The average Bonchev–Trinajstić information content (AvgIpc) is 2.46. The second kappa shape index (κ2) is 7.49. The molecule has 0 amide bonds. The van der Waals surface area contributed by atoms with Crippen LogP contribution in [-0.2, 0) is 20.2 Å². The van der Waals surface area contributed by atoms with Crippen molar-refractivity contribution in [2.75, 3.05) is 0 Å². The summed E-state index contributed by atoms with van der Waals surface area (Å²) in [7, 11) is -8.29. The lowest BCUT2D eigenvalue weighted by molar-refractivity contribution is -0.384. The van der Waals surface area contributed by atoms with Crippen LogP contribution in [0.4, 0.5) is 5.69 Å². The van der Waals surface area contributed by atoms with Crippen LogP contribution >= 0.6 is 0 Å². The van der Waals surface area contributed by atoms with Crippen LogP contribution in [0.15, 0.2) is 58.3 Å². The van der Waals surface area contributed by atoms with Crippen LogP contribution in [0, 0.1) is 17.0 Å². The van der Waals surface area contributed by atoms with Crippen LogP contribution in [-0.4, -0.2) is 30.9 Å². The molecule has 0 saturated carbocycles. The second-order valence-electron chi connectivity index (χ2n) is 4.51. The van der Waals surface area contributed by atoms with E-state index in [2.05, 4.69) is 0 Å². The fourth-order valence-corrected chi connectivity index (χ4v) is 2.41. The summed E-state index contributed by atoms with van der Waals surface area (Å²) in [6.45, 7) is 1.84. The molecule has 0 aliphatic rings. The number of hydrogen-bond donors (Lipinski definition) is 2. The third-order valence-electron chi connectivity index (χ3n) is 2.66. The van der Waals surface area contributed by atoms with Crippen molar-refractivity contribution in [2.24, 2.45) is 0 Å². The summed E-state index contributed by atoms with van der Waals surface area (Å²) in [6.07, 6.45) is 0. The third kappa shape index (κ3) is 6.04. The number of benzene rings is 2. The summed E-state index contributed by atoms with van der Waals surface area (Å²) in [6, 6.07) is 9.93. The Morgan fingerprint density at radius 2 is 1.12 bits per heavy atom. The lowest BCUT2D eigenvalue weighted by atomic mass is 10.2. The molecule has 0 aliphatic heterocycles. The zero-order valence-electron chi connectivity index (χ0n) is 12.2. The minimum Gasteiger partial charge on any atom is -0.282 e. The molecule has 2 aromatic carbocycles. The number of nitro groups is 1. The van der Waals surface area contributed by atoms with Crippen molar-refractivity contribution in [1.82, 2.24) is 0 Å². The lowest BCUT2D eigenvalue weighted by Crippen LogP contribution is -1.97. The zero-order valence-corrected chi connectivity index (χ0v) is 13.9. The molecule has 11 heteroatoms. The van der Waals surface area contributed by atoms with Gasteiger partial charge in [0.2, 0.25) is 0 Å². The quantitative estimate of drug-likeness (QED) is 0.470. The molecule has 0 atom stereocenters. The molecular weight excluding hydrogens is 362 g/mol. The molecule has 0 spiro atoms. The van der Waals surface area contributed by atoms with Gasteiger partial charge in [0.1, 0.15) is 0 Å². The topological polar surface area (TPSA) is 152 Å². The molecule has 2 aromatic rings. The average molecular weight is 375 g/mol. The summed E-state index contributed by atoms with van der Waals surface area (Å²) in [4.78, 5) is 9.07. The SMILES string of the molecule is Cc1ccc(S(=O)(=O)O)cc1.O=[N+]([O-])c1ccc(S(=O)(=O)O)cc1. The number of rotatable bonds is 3. The standard InChI is InChI=1S/C7H8O3S.C6H5NO5S/c1-6-2-4-7(5-3-6)11(8,9)10;8-7(9)5-1-3-6(4-2-5)13(10,11)12/h2-5H,1H3,(H,8,9,10);1-4H,(H,10,11,12). The predicted octanol–water partition coefficient (Wildman–Crippen LogP) is 2.08. The van der Waals surface area contributed by atoms with E-state index in [1.807, 2.05) is 6.92 Å². The second-order valence-corrected chi connectivity index (χ2v) is 7.36. The monoisotopic (exact) mass is 375 g/mol. The molecule has 0 fully saturated rings. The summed E-state index contributed by atoms with van der Waals surface area (Å²) < 4.78 is 59.1. The van der Waals surface area contributed by atoms with Gasteiger partial charge in [-0.1, -0.05) is 17.7 Å². The Bertz CT molecular complexity index is 917. The van der Waals surface area contributed by atoms with E-state index in [1.165, 1.54) is 12.1 Å². The van der Waals surface area contributed by atoms with Crippen molar-refractivity contribution in [2.45, 2.75) is 16.7 Å². The third-order valence-corrected chi connectivity index (χ3v) is 4.40. The molecule has 2 N–H and O–H groups in total. The van der Waals surface area contributed by atoms with Crippen LogP contribution in [0.2, 0.25) is 0 Å². The van der Waals surface area contributed by atoms with Crippen molar-refractivity contribution in [1.29, 1.82) is 0 Å². The smallest absolute Gasteiger partial charge is 0.282 e. The molecule has 24 heavy (non-hydrogen) atoms. The first-order chi connectivity index (χ1) is 10.9. The van der Waals surface area contributed by atoms with Crippen LogP contribution in [0.3, 0.4) is 0 Å². The van der Waals surface area contributed by atoms with Crippen LogP contribution in [0.5, 0.6) is 0 Å². The Morgan fingerprint density at radius 3 is 1.42 bits per heavy atom. The molecule has 0 saturated heterocycles. The summed E-state index contributed by atoms with van der Waals surface area (Å²) >= 11 is 0. The molecule has 0 aliphatic carbocycles. The van der Waals surface area contributed by atoms with Crippen molar-refractivity contribution in [3.63, 3.8) is 0 Å². The molecule has 0 aromatic heterocycles. The minimum atomic E-state index is -4.27. The van der Waals surface area contributed by atoms with E-state index >= 15 is 0 Å². The van der Waals surface area contributed by atoms with Gasteiger partial charge in [0.05, 0.1) is 14.7 Å². The van der Waals surface area contributed by atoms with Gasteiger partial charge in [0, 0.05) is 12.1 Å². The van der Waals surface area contributed by atoms with Crippen molar-refractivity contribution < 1.29 is 30.9 Å². The van der Waals surface area contributed by atoms with E-state index in [1.54, 1.807) is 12.1 Å². The fraction of sp³-hybridized carbons (Fsp3) is 0.0769. The van der Waals surface area contributed by atoms with E-state index < -0.39 is 25.2 Å². The summed E-state index contributed by atoms with van der Waals surface area (Å²) in [5.41, 5.74) is 0.727. The number of hydrogen-bond acceptors (Lipinski definition) is 6. The van der Waals surface area contributed by atoms with Gasteiger partial charge < -0.3 is 0 Å². The lowest BCUT2D eigenvalue weighted by Gasteiger charge is -1.95. The maximum Gasteiger partial charge on any atom is 0.294 e. The number of aryl methyl sites for hydroxylation is 1. The first-order valence-corrected chi connectivity index (χ1v) is 9.05. The maximum atomic E-state index is 10.5. The minimum absolute atomic E-state index is 0.0666. The van der Waals surface area contributed by atoms with E-state index in [-0.39, 0.29) is 15.5 Å². The Labute approximate surface area is 138 Å². The molecular formula is C13H13NO8S2. The van der Waals surface area contributed by atoms with Crippen LogP contribution in [0.25, 0.3) is 0 Å². The van der Waals surface area contributed by atoms with E-state index in [9.17, 15) is 26.9 Å². The van der Waals surface area contributed by atoms with Gasteiger partial charge in [0.25, 0.3) is 25.9 Å². The highest BCUT2D eigenvalue weighted by Crippen LogP contribution is 2.15. The van der Waals surface area contributed by atoms with Crippen molar-refractivity contribution >= 4 is 25.9 Å². The first-order valence-electron chi connectivity index (χ1n) is 6.17. The van der Waals surface area contributed by atoms with E-state index in [0.29, 0.717) is 0 Å². The molecule has 0 bridgehead atoms. The predicted molar refractivity (Wildman–Crippen MR) is 83.9 cm³/mol. The van der Waals surface area contributed by atoms with Crippen molar-refractivity contribution in [3.05, 3.63) is 64.2 Å². The first kappa shape index (κ1) is 19.7. The van der Waals surface area contributed by atoms with E-state index in [4.69, 9.17) is 9.11 Å². The van der Waals surface area contributed by atoms with Gasteiger partial charge in [0.15, 0.2) is 0 Å². The molecule has 130 valence electrons. The van der Waals surface area contributed by atoms with Crippen LogP contribution in [0.1, 0.15) is 5.56 Å². The molecule has 9 nitrogen and oxygen atoms in total. The summed E-state index contributed by atoms with van der Waals surface area (Å²) in [5, 5.41) is 10.2. The highest BCUT2D eigenvalue weighted by Gasteiger charge is 2.11. The highest BCUT2D eigenvalue weighted by molar-refractivity contribution is 7.86. The molecule has 2 rings (SSSR count). The zero-order chi connectivity index (χ0) is 18.5. The largest absolute Gasteiger partial charge is 0.294 e. The molecule has 0 heterocycles. The Balaban J connectivity index is 0.000000243. The number of nitro benzene ring substituents is 1. The maximum absolute atomic E-state index is 10.5. The number of non-ortho nitro benzene ring substituents is 1. The molecule has 0 unspecified atom stereocenters. The van der Waals surface area contributed by atoms with Gasteiger partial charge in [-0.2, -0.15) is 16.8 Å². The normalized spacial score (nSPS) is 11.3. The van der Waals surface area contributed by atoms with Gasteiger partial charge in [-0.25, -0.2) is 0 Å². The Hall–Kier alpha value is -2.34. The van der Waals surface area contributed by atoms with Gasteiger partial charge in [-0.15, -0.1) is 0 Å². The fourth-order valence-electron chi connectivity index (χ4n) is 1.45. The van der Waals surface area contributed by atoms with Crippen LogP contribution < -0.4 is 0 Å².